The summed E-state index contributed by atoms with van der Waals surface area (Å²) in [6.45, 7) is 9.83. The number of nitrogens with one attached hydrogen (secondary N) is 1. The summed E-state index contributed by atoms with van der Waals surface area (Å²) in [6.07, 6.45) is 3.97. The number of amides is 1. The van der Waals surface area contributed by atoms with Gasteiger partial charge in [-0.25, -0.2) is 0 Å². The van der Waals surface area contributed by atoms with Crippen LogP contribution >= 0.6 is 0 Å². The van der Waals surface area contributed by atoms with E-state index in [0.717, 1.165) is 51.9 Å². The molecule has 1 saturated heterocycles. The van der Waals surface area contributed by atoms with Crippen LogP contribution in [0.15, 0.2) is 0 Å². The maximum absolute atomic E-state index is 11.7. The van der Waals surface area contributed by atoms with Gasteiger partial charge in [0.15, 0.2) is 0 Å². The second kappa shape index (κ2) is 7.38. The van der Waals surface area contributed by atoms with Gasteiger partial charge in [0.1, 0.15) is 0 Å². The molecule has 1 rings (SSSR count). The van der Waals surface area contributed by atoms with Crippen LogP contribution in [0.2, 0.25) is 0 Å². The summed E-state index contributed by atoms with van der Waals surface area (Å²) in [7, 11) is 1.78. The number of carbonyl (C=O) groups is 1. The molecule has 3 N–H and O–H groups in total. The van der Waals surface area contributed by atoms with Crippen molar-refractivity contribution < 1.29 is 9.53 Å². The van der Waals surface area contributed by atoms with Crippen LogP contribution in [-0.2, 0) is 9.53 Å². The smallest absolute Gasteiger partial charge is 0.237 e. The average molecular weight is 285 g/mol. The largest absolute Gasteiger partial charge is 0.377 e. The van der Waals surface area contributed by atoms with Crippen LogP contribution in [0.4, 0.5) is 0 Å². The molecule has 1 amide bonds. The predicted octanol–water partition coefficient (Wildman–Crippen LogP) is 1.12. The third-order valence-corrected chi connectivity index (χ3v) is 4.47. The molecular weight excluding hydrogens is 254 g/mol. The number of methoxy groups -OCH3 is 1. The minimum atomic E-state index is -0.614. The van der Waals surface area contributed by atoms with Gasteiger partial charge in [-0.2, -0.15) is 0 Å². The van der Waals surface area contributed by atoms with Gasteiger partial charge in [-0.1, -0.05) is 6.92 Å². The minimum absolute atomic E-state index is 0.0573. The highest BCUT2D eigenvalue weighted by molar-refractivity contribution is 5.84. The number of hydrogen-bond acceptors (Lipinski definition) is 4. The Labute approximate surface area is 123 Å². The molecule has 0 aromatic carbocycles. The Kier molecular flexibility index (Phi) is 6.43. The molecule has 0 saturated carbocycles. The molecule has 0 aromatic heterocycles. The fourth-order valence-corrected chi connectivity index (χ4v) is 2.75. The van der Waals surface area contributed by atoms with Gasteiger partial charge < -0.3 is 20.7 Å². The topological polar surface area (TPSA) is 67.6 Å². The molecule has 1 aliphatic heterocycles. The molecule has 20 heavy (non-hydrogen) atoms. The van der Waals surface area contributed by atoms with E-state index in [4.69, 9.17) is 10.5 Å². The van der Waals surface area contributed by atoms with E-state index in [1.54, 1.807) is 7.11 Å². The Bertz CT molecular complexity index is 324. The number of piperidine rings is 1. The quantitative estimate of drug-likeness (QED) is 0.701. The van der Waals surface area contributed by atoms with Gasteiger partial charge in [-0.05, 0) is 52.6 Å². The van der Waals surface area contributed by atoms with Gasteiger partial charge in [-0.15, -0.1) is 0 Å². The summed E-state index contributed by atoms with van der Waals surface area (Å²) in [5.41, 5.74) is 4.89. The van der Waals surface area contributed by atoms with E-state index in [1.165, 1.54) is 0 Å². The molecule has 0 radical (unpaired) electrons. The van der Waals surface area contributed by atoms with Crippen molar-refractivity contribution in [2.24, 2.45) is 5.73 Å². The highest BCUT2D eigenvalue weighted by Gasteiger charge is 2.34. The molecule has 5 nitrogen and oxygen atoms in total. The van der Waals surface area contributed by atoms with Gasteiger partial charge in [0, 0.05) is 20.2 Å². The number of primary amides is 1. The van der Waals surface area contributed by atoms with E-state index in [-0.39, 0.29) is 11.5 Å². The SMILES string of the molecule is CCCNC(C)(CCN1CCCC(C)(OC)C1)C(N)=O. The van der Waals surface area contributed by atoms with Crippen LogP contribution < -0.4 is 11.1 Å². The number of ether oxygens (including phenoxy) is 1. The summed E-state index contributed by atoms with van der Waals surface area (Å²) >= 11 is 0. The third-order valence-electron chi connectivity index (χ3n) is 4.47. The van der Waals surface area contributed by atoms with Crippen molar-refractivity contribution in [1.29, 1.82) is 0 Å². The molecule has 2 atom stereocenters. The molecular formula is C15H31N3O2. The molecule has 1 heterocycles. The standard InChI is InChI=1S/C15H31N3O2/c1-5-9-17-15(3,13(16)19)8-11-18-10-6-7-14(2,12-18)20-4/h17H,5-12H2,1-4H3,(H2,16,19). The summed E-state index contributed by atoms with van der Waals surface area (Å²) in [4.78, 5) is 14.1. The van der Waals surface area contributed by atoms with Crippen LogP contribution in [0, 0.1) is 0 Å². The second-order valence-electron chi connectivity index (χ2n) is 6.41. The average Bonchev–Trinajstić information content (AvgIpc) is 2.43. The van der Waals surface area contributed by atoms with Crippen LogP contribution in [0.5, 0.6) is 0 Å². The molecule has 5 heteroatoms. The molecule has 1 aliphatic rings. The number of rotatable bonds is 8. The first-order chi connectivity index (χ1) is 9.35. The van der Waals surface area contributed by atoms with E-state index in [0.29, 0.717) is 0 Å². The van der Waals surface area contributed by atoms with Crippen molar-refractivity contribution in [3.8, 4) is 0 Å². The summed E-state index contributed by atoms with van der Waals surface area (Å²) in [5, 5.41) is 3.29. The summed E-state index contributed by atoms with van der Waals surface area (Å²) in [6, 6.07) is 0. The predicted molar refractivity (Wildman–Crippen MR) is 81.6 cm³/mol. The van der Waals surface area contributed by atoms with Crippen LogP contribution in [0.25, 0.3) is 0 Å². The highest BCUT2D eigenvalue weighted by Crippen LogP contribution is 2.24. The van der Waals surface area contributed by atoms with Crippen LogP contribution in [-0.4, -0.2) is 55.2 Å². The Morgan fingerprint density at radius 1 is 1.55 bits per heavy atom. The van der Waals surface area contributed by atoms with Gasteiger partial charge in [0.25, 0.3) is 0 Å². The van der Waals surface area contributed by atoms with E-state index in [2.05, 4.69) is 24.1 Å². The molecule has 0 bridgehead atoms. The molecule has 1 fully saturated rings. The maximum atomic E-state index is 11.7. The van der Waals surface area contributed by atoms with E-state index in [1.807, 2.05) is 6.92 Å². The fourth-order valence-electron chi connectivity index (χ4n) is 2.75. The zero-order chi connectivity index (χ0) is 15.2. The molecule has 0 aromatic rings. The summed E-state index contributed by atoms with van der Waals surface area (Å²) in [5.74, 6) is -0.266. The zero-order valence-electron chi connectivity index (χ0n) is 13.5. The van der Waals surface area contributed by atoms with Crippen molar-refractivity contribution in [2.75, 3.05) is 33.3 Å². The molecule has 118 valence electrons. The number of nitrogens with zero attached hydrogens (tertiary/aromatic N) is 1. The molecule has 0 spiro atoms. The van der Waals surface area contributed by atoms with E-state index >= 15 is 0 Å². The first kappa shape index (κ1) is 17.4. The van der Waals surface area contributed by atoms with Gasteiger partial charge in [-0.3, -0.25) is 4.79 Å². The van der Waals surface area contributed by atoms with Crippen molar-refractivity contribution in [2.45, 2.75) is 57.6 Å². The first-order valence-corrected chi connectivity index (χ1v) is 7.68. The molecule has 0 aliphatic carbocycles. The van der Waals surface area contributed by atoms with Crippen molar-refractivity contribution >= 4 is 5.91 Å². The number of nitrogens with two attached hydrogens (primary N) is 1. The lowest BCUT2D eigenvalue weighted by molar-refractivity contribution is -0.124. The lowest BCUT2D eigenvalue weighted by Gasteiger charge is -2.40. The Morgan fingerprint density at radius 2 is 2.25 bits per heavy atom. The monoisotopic (exact) mass is 285 g/mol. The number of hydrogen-bond donors (Lipinski definition) is 2. The van der Waals surface area contributed by atoms with Crippen molar-refractivity contribution in [1.82, 2.24) is 10.2 Å². The van der Waals surface area contributed by atoms with Gasteiger partial charge >= 0.3 is 0 Å². The summed E-state index contributed by atoms with van der Waals surface area (Å²) < 4.78 is 5.60. The normalized spacial score (nSPS) is 27.2. The Balaban J connectivity index is 2.52. The Morgan fingerprint density at radius 3 is 2.80 bits per heavy atom. The third kappa shape index (κ3) is 4.72. The van der Waals surface area contributed by atoms with E-state index in [9.17, 15) is 4.79 Å². The van der Waals surface area contributed by atoms with Crippen LogP contribution in [0.3, 0.4) is 0 Å². The molecule has 2 unspecified atom stereocenters. The number of carbonyl (C=O) groups excluding carboxylic acids is 1. The number of likely N-dealkylation sites (tertiary alicyclic amines) is 1. The highest BCUT2D eigenvalue weighted by atomic mass is 16.5. The van der Waals surface area contributed by atoms with Gasteiger partial charge in [0.2, 0.25) is 5.91 Å². The van der Waals surface area contributed by atoms with Crippen molar-refractivity contribution in [3.05, 3.63) is 0 Å². The van der Waals surface area contributed by atoms with Crippen molar-refractivity contribution in [3.63, 3.8) is 0 Å². The maximum Gasteiger partial charge on any atom is 0.237 e. The minimum Gasteiger partial charge on any atom is -0.377 e. The van der Waals surface area contributed by atoms with E-state index < -0.39 is 5.54 Å². The van der Waals surface area contributed by atoms with Gasteiger partial charge in [0.05, 0.1) is 11.1 Å². The second-order valence-corrected chi connectivity index (χ2v) is 6.41. The first-order valence-electron chi connectivity index (χ1n) is 7.68. The fraction of sp³-hybridized carbons (Fsp3) is 0.933. The zero-order valence-corrected chi connectivity index (χ0v) is 13.5. The lowest BCUT2D eigenvalue weighted by atomic mass is 9.92. The lowest BCUT2D eigenvalue weighted by Crippen LogP contribution is -2.56. The Hall–Kier alpha value is -0.650. The van der Waals surface area contributed by atoms with Crippen LogP contribution in [0.1, 0.15) is 46.5 Å².